The zero-order chi connectivity index (χ0) is 25.7. The average molecular weight is 589 g/mol. The number of rotatable bonds is 3. The van der Waals surface area contributed by atoms with Crippen molar-refractivity contribution in [2.45, 2.75) is 0 Å². The monoisotopic (exact) mass is 589 g/mol. The molecule has 13 heteroatoms. The molecule has 5 rings (SSSR count). The molecule has 0 unspecified atom stereocenters. The summed E-state index contributed by atoms with van der Waals surface area (Å²) in [4.78, 5) is 60.8. The fourth-order valence-electron chi connectivity index (χ4n) is 4.13. The molecule has 0 fully saturated rings. The van der Waals surface area contributed by atoms with E-state index in [4.69, 9.17) is 0 Å². The quantitative estimate of drug-likeness (QED) is 0.193. The van der Waals surface area contributed by atoms with Crippen molar-refractivity contribution in [2.75, 3.05) is 0 Å². The van der Waals surface area contributed by atoms with Crippen molar-refractivity contribution in [3.8, 4) is 0 Å². The van der Waals surface area contributed by atoms with Gasteiger partial charge in [0.15, 0.2) is 0 Å². The van der Waals surface area contributed by atoms with E-state index in [9.17, 15) is 39.6 Å². The van der Waals surface area contributed by atoms with Crippen molar-refractivity contribution in [1.29, 1.82) is 0 Å². The Labute approximate surface area is 218 Å². The molecule has 5 heterocycles. The van der Waals surface area contributed by atoms with Crippen LogP contribution in [0.1, 0.15) is 53.8 Å². The number of aromatic carboxylic acids is 3. The Morgan fingerprint density at radius 1 is 0.676 bits per heavy atom. The van der Waals surface area contributed by atoms with Crippen molar-refractivity contribution >= 4 is 70.4 Å². The predicted molar refractivity (Wildman–Crippen MR) is 127 cm³/mol. The van der Waals surface area contributed by atoms with Crippen LogP contribution in [0, 0.1) is 0 Å². The maximum atomic E-state index is 12.4. The van der Waals surface area contributed by atoms with Crippen LogP contribution in [0.15, 0.2) is 30.3 Å². The number of hydrogen-bond donors (Lipinski definition) is 5. The van der Waals surface area contributed by atoms with E-state index >= 15 is 0 Å². The maximum absolute atomic E-state index is 12.4. The fraction of sp³-hybridized carbons (Fsp3) is 0. The Hall–Kier alpha value is -4.90. The Morgan fingerprint density at radius 3 is 1.73 bits per heavy atom. The number of aromatic nitrogens is 4. The second-order valence-corrected chi connectivity index (χ2v) is 7.74. The molecule has 8 bridgehead atoms. The van der Waals surface area contributed by atoms with Gasteiger partial charge >= 0.3 is 24.0 Å². The molecule has 3 aromatic heterocycles. The Kier molecular flexibility index (Phi) is 6.32. The molecule has 0 spiro atoms. The molecule has 2 aliphatic heterocycles. The minimum absolute atomic E-state index is 0. The van der Waals surface area contributed by atoms with Crippen LogP contribution in [0.2, 0.25) is 0 Å². The smallest absolute Gasteiger partial charge is 0.416 e. The minimum atomic E-state index is -1.82. The third kappa shape index (κ3) is 4.32. The SMILES string of the molecule is O=C(O)c1c(C(=O)O)c2c(C(=O)O)c3nc(cc4ccc(cc5nc(cc1n2C(=O)O)C=C5)[nH]4)C=C3.[Rh]. The summed E-state index contributed by atoms with van der Waals surface area (Å²) in [6.45, 7) is 0. The van der Waals surface area contributed by atoms with Crippen LogP contribution in [0.3, 0.4) is 0 Å². The van der Waals surface area contributed by atoms with Crippen molar-refractivity contribution in [2.24, 2.45) is 0 Å². The second-order valence-electron chi connectivity index (χ2n) is 7.74. The number of aromatic amines is 1. The first-order valence-corrected chi connectivity index (χ1v) is 10.2. The summed E-state index contributed by atoms with van der Waals surface area (Å²) >= 11 is 0. The predicted octanol–water partition coefficient (Wildman–Crippen LogP) is 3.75. The van der Waals surface area contributed by atoms with Gasteiger partial charge in [-0.15, -0.1) is 0 Å². The minimum Gasteiger partial charge on any atom is -0.478 e. The van der Waals surface area contributed by atoms with E-state index in [-0.39, 0.29) is 30.9 Å². The number of H-pyrrole nitrogens is 1. The molecule has 0 aliphatic carbocycles. The van der Waals surface area contributed by atoms with Gasteiger partial charge in [-0.05, 0) is 54.6 Å². The largest absolute Gasteiger partial charge is 0.478 e. The first kappa shape index (κ1) is 25.2. The maximum Gasteiger partial charge on any atom is 0.416 e. The van der Waals surface area contributed by atoms with Crippen molar-refractivity contribution in [3.05, 3.63) is 69.8 Å². The van der Waals surface area contributed by atoms with Gasteiger partial charge in [0.05, 0.1) is 33.8 Å². The van der Waals surface area contributed by atoms with Gasteiger partial charge in [-0.3, -0.25) is 0 Å². The number of carbonyl (C=O) groups is 4. The second kappa shape index (κ2) is 9.28. The van der Waals surface area contributed by atoms with Gasteiger partial charge < -0.3 is 25.4 Å². The van der Waals surface area contributed by atoms with Gasteiger partial charge in [-0.2, -0.15) is 0 Å². The summed E-state index contributed by atoms with van der Waals surface area (Å²) in [6, 6.07) is 7.92. The summed E-state index contributed by atoms with van der Waals surface area (Å²) in [5.41, 5.74) is -2.17. The number of fused-ring (bicyclic) bond motifs is 8. The van der Waals surface area contributed by atoms with E-state index in [1.807, 2.05) is 0 Å². The molecule has 5 N–H and O–H groups in total. The van der Waals surface area contributed by atoms with Crippen molar-refractivity contribution in [3.63, 3.8) is 0 Å². The van der Waals surface area contributed by atoms with Gasteiger partial charge in [-0.25, -0.2) is 33.7 Å². The van der Waals surface area contributed by atoms with Gasteiger partial charge in [0, 0.05) is 30.5 Å². The van der Waals surface area contributed by atoms with Gasteiger partial charge in [0.2, 0.25) is 0 Å². The van der Waals surface area contributed by atoms with E-state index in [1.54, 1.807) is 30.3 Å². The van der Waals surface area contributed by atoms with E-state index < -0.39 is 51.7 Å². The summed E-state index contributed by atoms with van der Waals surface area (Å²) in [6.07, 6.45) is 4.03. The van der Waals surface area contributed by atoms with E-state index in [1.165, 1.54) is 18.2 Å². The van der Waals surface area contributed by atoms with Crippen molar-refractivity contribution in [1.82, 2.24) is 19.5 Å². The van der Waals surface area contributed by atoms with E-state index in [0.717, 1.165) is 6.07 Å². The molecule has 1 radical (unpaired) electrons. The van der Waals surface area contributed by atoms with Gasteiger partial charge in [-0.1, -0.05) is 0 Å². The van der Waals surface area contributed by atoms with E-state index in [0.29, 0.717) is 27.0 Å². The molecule has 2 aliphatic rings. The molecule has 187 valence electrons. The summed E-state index contributed by atoms with van der Waals surface area (Å²) in [5, 5.41) is 39.8. The van der Waals surface area contributed by atoms with Crippen LogP contribution in [0.5, 0.6) is 0 Å². The van der Waals surface area contributed by atoms with Crippen LogP contribution >= 0.6 is 0 Å². The molecule has 37 heavy (non-hydrogen) atoms. The summed E-state index contributed by atoms with van der Waals surface area (Å²) in [7, 11) is 0. The number of carboxylic acids is 3. The normalized spacial score (nSPS) is 11.7. The van der Waals surface area contributed by atoms with Gasteiger partial charge in [0.25, 0.3) is 0 Å². The molecule has 3 aromatic rings. The zero-order valence-electron chi connectivity index (χ0n) is 18.3. The topological polar surface area (TPSA) is 196 Å². The number of carboxylic acid groups (broad SMARTS) is 4. The molecule has 12 nitrogen and oxygen atoms in total. The molecule has 0 amide bonds. The van der Waals surface area contributed by atoms with Crippen LogP contribution in [-0.2, 0) is 19.5 Å². The van der Waals surface area contributed by atoms with Crippen molar-refractivity contribution < 1.29 is 59.1 Å². The number of hydrogen-bond acceptors (Lipinski definition) is 6. The number of nitrogens with one attached hydrogen (secondary N) is 1. The third-order valence-corrected chi connectivity index (χ3v) is 5.50. The Bertz CT molecular complexity index is 1760. The standard InChI is InChI=1S/C24H14N4O8.Rh/c29-21(30)17-15-6-5-13(27-15)8-12-2-1-10(25-12)7-11-3-4-14(26-11)9-16-18(22(31)32)19(23(33)34)20(17)28(16)24(35)36;/h1-9,25H,(H,29,30)(H,31,32)(H,33,34)(H,35,36);. The first-order valence-electron chi connectivity index (χ1n) is 10.2. The Balaban J connectivity index is 0.00000320. The molecule has 0 saturated carbocycles. The molecule has 0 aromatic carbocycles. The summed E-state index contributed by atoms with van der Waals surface area (Å²) < 4.78 is 0.328. The van der Waals surface area contributed by atoms with Crippen LogP contribution < -0.4 is 0 Å². The first-order chi connectivity index (χ1) is 17.1. The molecular weight excluding hydrogens is 575 g/mol. The van der Waals surface area contributed by atoms with E-state index in [2.05, 4.69) is 15.0 Å². The van der Waals surface area contributed by atoms with Crippen LogP contribution in [-0.4, -0.2) is 63.9 Å². The Morgan fingerprint density at radius 2 is 1.19 bits per heavy atom. The fourth-order valence-corrected chi connectivity index (χ4v) is 4.13. The average Bonchev–Trinajstić information content (AvgIpc) is 3.56. The zero-order valence-corrected chi connectivity index (χ0v) is 19.9. The molecule has 0 saturated heterocycles. The number of nitrogens with zero attached hydrogens (tertiary/aromatic N) is 3. The van der Waals surface area contributed by atoms with Crippen LogP contribution in [0.25, 0.3) is 46.4 Å². The summed E-state index contributed by atoms with van der Waals surface area (Å²) in [5.74, 6) is -5.28. The third-order valence-electron chi connectivity index (χ3n) is 5.50. The molecular formula is C24H14N4O8Rh. The van der Waals surface area contributed by atoms with Gasteiger partial charge in [0.1, 0.15) is 16.7 Å². The molecule has 0 atom stereocenters. The van der Waals surface area contributed by atoms with Crippen LogP contribution in [0.4, 0.5) is 4.79 Å².